The molecule has 0 bridgehead atoms. The highest BCUT2D eigenvalue weighted by atomic mass is 15.2. The predicted octanol–water partition coefficient (Wildman–Crippen LogP) is 0.941. The van der Waals surface area contributed by atoms with E-state index >= 15 is 0 Å². The maximum Gasteiger partial charge on any atom is 0.222 e. The fourth-order valence-electron chi connectivity index (χ4n) is 2.88. The van der Waals surface area contributed by atoms with E-state index in [1.165, 1.54) is 11.3 Å². The van der Waals surface area contributed by atoms with Gasteiger partial charge >= 0.3 is 0 Å². The second-order valence-electron chi connectivity index (χ2n) is 5.79. The number of aromatic nitrogens is 4. The minimum atomic E-state index is 0.634. The molecule has 2 aromatic heterocycles. The fourth-order valence-corrected chi connectivity index (χ4v) is 2.88. The molecule has 0 fully saturated rings. The molecule has 0 saturated heterocycles. The Bertz CT molecular complexity index is 669. The topological polar surface area (TPSA) is 78.9 Å². The Balaban J connectivity index is 1.86. The lowest BCUT2D eigenvalue weighted by Gasteiger charge is -2.22. The molecule has 3 heterocycles. The van der Waals surface area contributed by atoms with Crippen molar-refractivity contribution in [3.8, 4) is 0 Å². The summed E-state index contributed by atoms with van der Waals surface area (Å²) in [6.45, 7) is 4.63. The van der Waals surface area contributed by atoms with E-state index in [0.29, 0.717) is 5.95 Å². The molecule has 0 aliphatic carbocycles. The molecule has 0 radical (unpaired) electrons. The first kappa shape index (κ1) is 15.6. The van der Waals surface area contributed by atoms with Crippen LogP contribution in [0.2, 0.25) is 0 Å². The maximum atomic E-state index is 4.69. The minimum Gasteiger partial charge on any atom is -0.357 e. The highest BCUT2D eigenvalue weighted by molar-refractivity contribution is 5.50. The van der Waals surface area contributed by atoms with Gasteiger partial charge in [0.25, 0.3) is 0 Å². The van der Waals surface area contributed by atoms with Crippen LogP contribution in [0.4, 0.5) is 11.8 Å². The van der Waals surface area contributed by atoms with Gasteiger partial charge in [-0.15, -0.1) is 0 Å². The van der Waals surface area contributed by atoms with Crippen LogP contribution >= 0.6 is 0 Å². The summed E-state index contributed by atoms with van der Waals surface area (Å²) in [5.74, 6) is 2.48. The Morgan fingerprint density at radius 2 is 1.91 bits per heavy atom. The molecule has 0 amide bonds. The number of aryl methyl sites for hydroxylation is 1. The van der Waals surface area contributed by atoms with Crippen molar-refractivity contribution in [1.82, 2.24) is 25.3 Å². The SMILES string of the molecule is CNc1ncc(CN(C)c2nc(C)nc3c2CCNCC3)cn1. The highest BCUT2D eigenvalue weighted by Gasteiger charge is 2.18. The molecular weight excluding hydrogens is 290 g/mol. The minimum absolute atomic E-state index is 0.634. The summed E-state index contributed by atoms with van der Waals surface area (Å²) in [5.41, 5.74) is 3.49. The van der Waals surface area contributed by atoms with Gasteiger partial charge in [0.05, 0.1) is 5.69 Å². The van der Waals surface area contributed by atoms with Crippen molar-refractivity contribution in [3.63, 3.8) is 0 Å². The Morgan fingerprint density at radius 3 is 2.65 bits per heavy atom. The van der Waals surface area contributed by atoms with E-state index in [0.717, 1.165) is 49.7 Å². The number of nitrogens with one attached hydrogen (secondary N) is 2. The second kappa shape index (κ2) is 6.87. The zero-order chi connectivity index (χ0) is 16.2. The predicted molar refractivity (Wildman–Crippen MR) is 90.7 cm³/mol. The van der Waals surface area contributed by atoms with Crippen LogP contribution in [0, 0.1) is 6.92 Å². The summed E-state index contributed by atoms with van der Waals surface area (Å²) >= 11 is 0. The van der Waals surface area contributed by atoms with Gasteiger partial charge in [-0.05, 0) is 19.9 Å². The van der Waals surface area contributed by atoms with E-state index in [1.54, 1.807) is 0 Å². The summed E-state index contributed by atoms with van der Waals surface area (Å²) in [7, 11) is 3.88. The molecule has 0 unspecified atom stereocenters. The molecule has 0 saturated carbocycles. The van der Waals surface area contributed by atoms with E-state index in [2.05, 4.69) is 37.5 Å². The van der Waals surface area contributed by atoms with Gasteiger partial charge in [-0.25, -0.2) is 19.9 Å². The van der Waals surface area contributed by atoms with E-state index in [1.807, 2.05) is 26.4 Å². The number of nitrogens with zero attached hydrogens (tertiary/aromatic N) is 5. The molecule has 23 heavy (non-hydrogen) atoms. The zero-order valence-corrected chi connectivity index (χ0v) is 13.9. The largest absolute Gasteiger partial charge is 0.357 e. The number of hydrogen-bond donors (Lipinski definition) is 2. The second-order valence-corrected chi connectivity index (χ2v) is 5.79. The fraction of sp³-hybridized carbons (Fsp3) is 0.500. The van der Waals surface area contributed by atoms with Gasteiger partial charge in [0.1, 0.15) is 11.6 Å². The van der Waals surface area contributed by atoms with Gasteiger partial charge in [-0.1, -0.05) is 0 Å². The Hall–Kier alpha value is -2.28. The summed E-state index contributed by atoms with van der Waals surface area (Å²) in [6.07, 6.45) is 5.62. The van der Waals surface area contributed by atoms with Crippen LogP contribution in [-0.2, 0) is 19.4 Å². The van der Waals surface area contributed by atoms with Crippen molar-refractivity contribution in [2.45, 2.75) is 26.3 Å². The van der Waals surface area contributed by atoms with Crippen molar-refractivity contribution in [3.05, 3.63) is 35.0 Å². The Labute approximate surface area is 136 Å². The molecule has 0 aromatic carbocycles. The average molecular weight is 313 g/mol. The summed E-state index contributed by atoms with van der Waals surface area (Å²) in [5, 5.41) is 6.36. The highest BCUT2D eigenvalue weighted by Crippen LogP contribution is 2.23. The molecule has 7 nitrogen and oxygen atoms in total. The summed E-state index contributed by atoms with van der Waals surface area (Å²) < 4.78 is 0. The van der Waals surface area contributed by atoms with Gasteiger partial charge in [0.2, 0.25) is 5.95 Å². The van der Waals surface area contributed by atoms with Crippen LogP contribution in [0.3, 0.4) is 0 Å². The molecule has 1 aliphatic rings. The van der Waals surface area contributed by atoms with Crippen LogP contribution in [0.15, 0.2) is 12.4 Å². The van der Waals surface area contributed by atoms with Crippen molar-refractivity contribution in [1.29, 1.82) is 0 Å². The standard InChI is InChI=1S/C16H23N7/c1-11-21-14-5-7-18-6-4-13(14)15(22-11)23(3)10-12-8-19-16(17-2)20-9-12/h8-9,18H,4-7,10H2,1-3H3,(H,17,19,20). The van der Waals surface area contributed by atoms with Crippen LogP contribution in [0.1, 0.15) is 22.6 Å². The van der Waals surface area contributed by atoms with Gasteiger partial charge in [-0.3, -0.25) is 0 Å². The molecule has 2 aromatic rings. The zero-order valence-electron chi connectivity index (χ0n) is 13.9. The number of anilines is 2. The van der Waals surface area contributed by atoms with Crippen molar-refractivity contribution in [2.24, 2.45) is 0 Å². The number of fused-ring (bicyclic) bond motifs is 1. The monoisotopic (exact) mass is 313 g/mol. The molecule has 3 rings (SSSR count). The first-order chi connectivity index (χ1) is 11.2. The number of rotatable bonds is 4. The van der Waals surface area contributed by atoms with Crippen LogP contribution in [0.5, 0.6) is 0 Å². The van der Waals surface area contributed by atoms with E-state index < -0.39 is 0 Å². The molecule has 0 atom stereocenters. The maximum absolute atomic E-state index is 4.69. The van der Waals surface area contributed by atoms with E-state index in [9.17, 15) is 0 Å². The lowest BCUT2D eigenvalue weighted by molar-refractivity contribution is 0.708. The van der Waals surface area contributed by atoms with Gasteiger partial charge in [-0.2, -0.15) is 0 Å². The van der Waals surface area contributed by atoms with Crippen LogP contribution in [0.25, 0.3) is 0 Å². The third kappa shape index (κ3) is 3.56. The first-order valence-electron chi connectivity index (χ1n) is 7.94. The van der Waals surface area contributed by atoms with Crippen molar-refractivity contribution < 1.29 is 0 Å². The Kier molecular flexibility index (Phi) is 4.66. The molecule has 0 spiro atoms. The average Bonchev–Trinajstić information content (AvgIpc) is 2.80. The summed E-state index contributed by atoms with van der Waals surface area (Å²) in [4.78, 5) is 20.0. The van der Waals surface area contributed by atoms with Gasteiger partial charge in [0, 0.05) is 57.1 Å². The molecule has 7 heteroatoms. The van der Waals surface area contributed by atoms with Crippen LogP contribution < -0.4 is 15.5 Å². The third-order valence-electron chi connectivity index (χ3n) is 3.98. The van der Waals surface area contributed by atoms with E-state index in [4.69, 9.17) is 4.98 Å². The molecule has 1 aliphatic heterocycles. The van der Waals surface area contributed by atoms with Gasteiger partial charge < -0.3 is 15.5 Å². The lowest BCUT2D eigenvalue weighted by atomic mass is 10.1. The van der Waals surface area contributed by atoms with Crippen molar-refractivity contribution >= 4 is 11.8 Å². The molecule has 2 N–H and O–H groups in total. The third-order valence-corrected chi connectivity index (χ3v) is 3.98. The molecule has 122 valence electrons. The summed E-state index contributed by atoms with van der Waals surface area (Å²) in [6, 6.07) is 0. The normalized spacial score (nSPS) is 14.0. The van der Waals surface area contributed by atoms with Crippen LogP contribution in [-0.4, -0.2) is 47.1 Å². The van der Waals surface area contributed by atoms with E-state index in [-0.39, 0.29) is 0 Å². The Morgan fingerprint density at radius 1 is 1.17 bits per heavy atom. The lowest BCUT2D eigenvalue weighted by Crippen LogP contribution is -2.22. The van der Waals surface area contributed by atoms with Gasteiger partial charge in [0.15, 0.2) is 0 Å². The quantitative estimate of drug-likeness (QED) is 0.869. The number of hydrogen-bond acceptors (Lipinski definition) is 7. The van der Waals surface area contributed by atoms with Crippen molar-refractivity contribution in [2.75, 3.05) is 37.4 Å². The first-order valence-corrected chi connectivity index (χ1v) is 7.94. The molecular formula is C16H23N7. The smallest absolute Gasteiger partial charge is 0.222 e.